The summed E-state index contributed by atoms with van der Waals surface area (Å²) in [4.78, 5) is 13.9. The average Bonchev–Trinajstić information content (AvgIpc) is 2.85. The van der Waals surface area contributed by atoms with Crippen LogP contribution in [0.25, 0.3) is 0 Å². The summed E-state index contributed by atoms with van der Waals surface area (Å²) in [6.07, 6.45) is 4.73. The number of ether oxygens (including phenoxy) is 1. The first-order chi connectivity index (χ1) is 9.76. The summed E-state index contributed by atoms with van der Waals surface area (Å²) in [6, 6.07) is 7.92. The van der Waals surface area contributed by atoms with Gasteiger partial charge in [0.15, 0.2) is 0 Å². The monoisotopic (exact) mass is 276 g/mol. The van der Waals surface area contributed by atoms with E-state index in [4.69, 9.17) is 4.74 Å². The second kappa shape index (κ2) is 7.29. The molecule has 1 heterocycles. The van der Waals surface area contributed by atoms with Gasteiger partial charge in [0.2, 0.25) is 5.91 Å². The lowest BCUT2D eigenvalue weighted by Gasteiger charge is -2.24. The lowest BCUT2D eigenvalue weighted by molar-refractivity contribution is -0.128. The molecular weight excluding hydrogens is 252 g/mol. The van der Waals surface area contributed by atoms with Gasteiger partial charge in [-0.25, -0.2) is 0 Å². The number of nitrogens with one attached hydrogen (secondary N) is 1. The Morgan fingerprint density at radius 2 is 2.00 bits per heavy atom. The quantitative estimate of drug-likeness (QED) is 0.779. The Labute approximate surface area is 121 Å². The summed E-state index contributed by atoms with van der Waals surface area (Å²) in [5.74, 6) is 1.04. The first-order valence-corrected chi connectivity index (χ1v) is 7.43. The number of unbranched alkanes of at least 4 members (excludes halogenated alkanes) is 3. The molecule has 1 aromatic carbocycles. The lowest BCUT2D eigenvalue weighted by Crippen LogP contribution is -2.31. The molecule has 1 aliphatic rings. The highest BCUT2D eigenvalue weighted by Crippen LogP contribution is 2.24. The molecule has 1 amide bonds. The molecule has 0 aliphatic carbocycles. The second-order valence-corrected chi connectivity index (χ2v) is 5.20. The fourth-order valence-electron chi connectivity index (χ4n) is 2.59. The minimum atomic E-state index is 0.00929. The maximum Gasteiger partial charge on any atom is 0.238 e. The Balaban J connectivity index is 1.99. The molecular formula is C16H24N2O2. The molecule has 1 N–H and O–H groups in total. The summed E-state index contributed by atoms with van der Waals surface area (Å²) < 4.78 is 5.17. The van der Waals surface area contributed by atoms with Crippen molar-refractivity contribution in [1.82, 2.24) is 10.2 Å². The van der Waals surface area contributed by atoms with E-state index in [0.29, 0.717) is 6.54 Å². The zero-order chi connectivity index (χ0) is 14.4. The third kappa shape index (κ3) is 3.51. The Morgan fingerprint density at radius 3 is 2.65 bits per heavy atom. The van der Waals surface area contributed by atoms with Crippen molar-refractivity contribution in [3.05, 3.63) is 29.8 Å². The number of amides is 1. The highest BCUT2D eigenvalue weighted by Gasteiger charge is 2.30. The molecule has 0 saturated carbocycles. The van der Waals surface area contributed by atoms with E-state index in [0.717, 1.165) is 24.3 Å². The second-order valence-electron chi connectivity index (χ2n) is 5.20. The number of hydrogen-bond donors (Lipinski definition) is 1. The van der Waals surface area contributed by atoms with E-state index < -0.39 is 0 Å². The summed E-state index contributed by atoms with van der Waals surface area (Å²) in [7, 11) is 1.66. The van der Waals surface area contributed by atoms with Crippen molar-refractivity contribution in [2.75, 3.05) is 20.2 Å². The first kappa shape index (κ1) is 14.9. The van der Waals surface area contributed by atoms with Crippen LogP contribution in [-0.2, 0) is 4.79 Å². The molecule has 1 aliphatic heterocycles. The van der Waals surface area contributed by atoms with Crippen LogP contribution in [0.4, 0.5) is 0 Å². The minimum Gasteiger partial charge on any atom is -0.497 e. The van der Waals surface area contributed by atoms with E-state index in [-0.39, 0.29) is 12.1 Å². The molecule has 1 atom stereocenters. The largest absolute Gasteiger partial charge is 0.497 e. The standard InChI is InChI=1S/C16H24N2O2/c1-3-4-5-6-11-18-15(19)12-17-16(18)13-7-9-14(20-2)10-8-13/h7-10,16-17H,3-6,11-12H2,1-2H3. The molecule has 2 rings (SSSR count). The number of carbonyl (C=O) groups excluding carboxylic acids is 1. The molecule has 1 saturated heterocycles. The van der Waals surface area contributed by atoms with Crippen LogP contribution >= 0.6 is 0 Å². The predicted molar refractivity (Wildman–Crippen MR) is 79.6 cm³/mol. The zero-order valence-corrected chi connectivity index (χ0v) is 12.4. The molecule has 1 unspecified atom stereocenters. The van der Waals surface area contributed by atoms with E-state index in [1.807, 2.05) is 29.2 Å². The van der Waals surface area contributed by atoms with Crippen LogP contribution in [0.2, 0.25) is 0 Å². The van der Waals surface area contributed by atoms with E-state index in [9.17, 15) is 4.79 Å². The summed E-state index contributed by atoms with van der Waals surface area (Å²) in [5, 5.41) is 3.29. The number of rotatable bonds is 7. The van der Waals surface area contributed by atoms with Gasteiger partial charge in [-0.3, -0.25) is 10.1 Å². The van der Waals surface area contributed by atoms with Crippen molar-refractivity contribution < 1.29 is 9.53 Å². The van der Waals surface area contributed by atoms with Crippen molar-refractivity contribution in [3.63, 3.8) is 0 Å². The Kier molecular flexibility index (Phi) is 5.41. The molecule has 0 spiro atoms. The number of nitrogens with zero attached hydrogens (tertiary/aromatic N) is 1. The highest BCUT2D eigenvalue weighted by molar-refractivity contribution is 5.80. The first-order valence-electron chi connectivity index (χ1n) is 7.43. The van der Waals surface area contributed by atoms with Gasteiger partial charge in [0.05, 0.1) is 13.7 Å². The van der Waals surface area contributed by atoms with Gasteiger partial charge in [0, 0.05) is 6.54 Å². The highest BCUT2D eigenvalue weighted by atomic mass is 16.5. The lowest BCUT2D eigenvalue weighted by atomic mass is 10.1. The normalized spacial score (nSPS) is 18.6. The van der Waals surface area contributed by atoms with Crippen LogP contribution in [0, 0.1) is 0 Å². The number of methoxy groups -OCH3 is 1. The zero-order valence-electron chi connectivity index (χ0n) is 12.4. The van der Waals surface area contributed by atoms with Crippen molar-refractivity contribution in [3.8, 4) is 5.75 Å². The van der Waals surface area contributed by atoms with Crippen LogP contribution in [0.5, 0.6) is 5.75 Å². The van der Waals surface area contributed by atoms with Gasteiger partial charge in [-0.1, -0.05) is 38.3 Å². The van der Waals surface area contributed by atoms with Crippen molar-refractivity contribution >= 4 is 5.91 Å². The SMILES string of the molecule is CCCCCCN1C(=O)CNC1c1ccc(OC)cc1. The molecule has 1 aromatic rings. The summed E-state index contributed by atoms with van der Waals surface area (Å²) in [6.45, 7) is 3.47. The van der Waals surface area contributed by atoms with Gasteiger partial charge in [0.1, 0.15) is 11.9 Å². The topological polar surface area (TPSA) is 41.6 Å². The van der Waals surface area contributed by atoms with Crippen LogP contribution < -0.4 is 10.1 Å². The Hall–Kier alpha value is -1.55. The molecule has 0 bridgehead atoms. The minimum absolute atomic E-state index is 0.00929. The number of carbonyl (C=O) groups is 1. The smallest absolute Gasteiger partial charge is 0.238 e. The van der Waals surface area contributed by atoms with Crippen molar-refractivity contribution in [2.24, 2.45) is 0 Å². The van der Waals surface area contributed by atoms with Crippen LogP contribution in [0.1, 0.15) is 44.3 Å². The van der Waals surface area contributed by atoms with Gasteiger partial charge in [-0.05, 0) is 24.1 Å². The van der Waals surface area contributed by atoms with E-state index >= 15 is 0 Å². The van der Waals surface area contributed by atoms with E-state index in [1.54, 1.807) is 7.11 Å². The molecule has 20 heavy (non-hydrogen) atoms. The Bertz CT molecular complexity index is 431. The van der Waals surface area contributed by atoms with Gasteiger partial charge < -0.3 is 9.64 Å². The predicted octanol–water partition coefficient (Wildman–Crippen LogP) is 2.71. The van der Waals surface area contributed by atoms with Crippen LogP contribution in [0.15, 0.2) is 24.3 Å². The maximum absolute atomic E-state index is 12.0. The van der Waals surface area contributed by atoms with Crippen molar-refractivity contribution in [1.29, 1.82) is 0 Å². The fraction of sp³-hybridized carbons (Fsp3) is 0.562. The molecule has 0 aromatic heterocycles. The Morgan fingerprint density at radius 1 is 1.25 bits per heavy atom. The number of hydrogen-bond acceptors (Lipinski definition) is 3. The third-order valence-electron chi connectivity index (χ3n) is 3.76. The summed E-state index contributed by atoms with van der Waals surface area (Å²) >= 11 is 0. The van der Waals surface area contributed by atoms with Gasteiger partial charge in [0.25, 0.3) is 0 Å². The van der Waals surface area contributed by atoms with Gasteiger partial charge >= 0.3 is 0 Å². The maximum atomic E-state index is 12.0. The number of benzene rings is 1. The third-order valence-corrected chi connectivity index (χ3v) is 3.76. The molecule has 110 valence electrons. The molecule has 0 radical (unpaired) electrons. The summed E-state index contributed by atoms with van der Waals surface area (Å²) in [5.41, 5.74) is 1.12. The van der Waals surface area contributed by atoms with Gasteiger partial charge in [-0.15, -0.1) is 0 Å². The molecule has 4 nitrogen and oxygen atoms in total. The van der Waals surface area contributed by atoms with Crippen LogP contribution in [0.3, 0.4) is 0 Å². The fourth-order valence-corrected chi connectivity index (χ4v) is 2.59. The van der Waals surface area contributed by atoms with Gasteiger partial charge in [-0.2, -0.15) is 0 Å². The van der Waals surface area contributed by atoms with E-state index in [2.05, 4.69) is 12.2 Å². The molecule has 1 fully saturated rings. The van der Waals surface area contributed by atoms with Crippen molar-refractivity contribution in [2.45, 2.75) is 38.8 Å². The average molecular weight is 276 g/mol. The van der Waals surface area contributed by atoms with E-state index in [1.165, 1.54) is 19.3 Å². The van der Waals surface area contributed by atoms with Crippen LogP contribution in [-0.4, -0.2) is 31.0 Å². The molecule has 4 heteroatoms.